The van der Waals surface area contributed by atoms with Crippen molar-refractivity contribution in [3.63, 3.8) is 0 Å². The fourth-order valence-electron chi connectivity index (χ4n) is 4.09. The fourth-order valence-corrected chi connectivity index (χ4v) is 4.21. The molecule has 1 aliphatic heterocycles. The summed E-state index contributed by atoms with van der Waals surface area (Å²) in [5, 5.41) is 8.08. The molecule has 152 valence electrons. The van der Waals surface area contributed by atoms with Crippen LogP contribution in [0.3, 0.4) is 0 Å². The lowest BCUT2D eigenvalue weighted by Crippen LogP contribution is -2.44. The van der Waals surface area contributed by atoms with Gasteiger partial charge in [-0.25, -0.2) is 4.98 Å². The molecule has 6 nitrogen and oxygen atoms in total. The molecule has 4 rings (SSSR count). The van der Waals surface area contributed by atoms with E-state index in [-0.39, 0.29) is 5.91 Å². The summed E-state index contributed by atoms with van der Waals surface area (Å²) in [6.07, 6.45) is 5.52. The fraction of sp³-hybridized carbons (Fsp3) is 0.364. The third-order valence-corrected chi connectivity index (χ3v) is 5.97. The summed E-state index contributed by atoms with van der Waals surface area (Å²) in [5.74, 6) is -0.128. The van der Waals surface area contributed by atoms with E-state index in [1.54, 1.807) is 13.2 Å². The van der Waals surface area contributed by atoms with E-state index in [1.807, 2.05) is 24.4 Å². The summed E-state index contributed by atoms with van der Waals surface area (Å²) >= 11 is 6.00. The third-order valence-electron chi connectivity index (χ3n) is 5.72. The van der Waals surface area contributed by atoms with Crippen LogP contribution in [0.4, 0.5) is 5.69 Å². The van der Waals surface area contributed by atoms with E-state index in [2.05, 4.69) is 44.6 Å². The Balaban J connectivity index is 1.48. The predicted molar refractivity (Wildman–Crippen MR) is 117 cm³/mol. The van der Waals surface area contributed by atoms with Gasteiger partial charge < -0.3 is 15.6 Å². The summed E-state index contributed by atoms with van der Waals surface area (Å²) in [6, 6.07) is 10.8. The van der Waals surface area contributed by atoms with Gasteiger partial charge in [-0.3, -0.25) is 9.69 Å². The number of amides is 1. The zero-order valence-corrected chi connectivity index (χ0v) is 17.5. The minimum atomic E-state index is -0.128. The second-order valence-electron chi connectivity index (χ2n) is 7.68. The Morgan fingerprint density at radius 3 is 2.83 bits per heavy atom. The SMILES string of the molecule is CNC(=O)c1cnc2[nH]ccc2c1N[C@@H]1CCN(Cc2ccc(Cl)cc2)[C@H](C)C1. The Morgan fingerprint density at radius 2 is 2.10 bits per heavy atom. The van der Waals surface area contributed by atoms with Crippen molar-refractivity contribution in [2.45, 2.75) is 38.4 Å². The largest absolute Gasteiger partial charge is 0.381 e. The lowest BCUT2D eigenvalue weighted by Gasteiger charge is -2.38. The number of aromatic amines is 1. The Morgan fingerprint density at radius 1 is 1.31 bits per heavy atom. The number of hydrogen-bond acceptors (Lipinski definition) is 4. The Kier molecular flexibility index (Phi) is 5.74. The van der Waals surface area contributed by atoms with E-state index in [4.69, 9.17) is 11.6 Å². The first kappa shape index (κ1) is 19.7. The van der Waals surface area contributed by atoms with Crippen LogP contribution in [0.1, 0.15) is 35.7 Å². The molecule has 0 saturated carbocycles. The van der Waals surface area contributed by atoms with Gasteiger partial charge in [-0.15, -0.1) is 0 Å². The minimum Gasteiger partial charge on any atom is -0.381 e. The van der Waals surface area contributed by atoms with Crippen LogP contribution in [0.2, 0.25) is 5.02 Å². The van der Waals surface area contributed by atoms with E-state index in [0.29, 0.717) is 17.6 Å². The van der Waals surface area contributed by atoms with Gasteiger partial charge in [0.25, 0.3) is 5.91 Å². The maximum Gasteiger partial charge on any atom is 0.254 e. The number of hydrogen-bond donors (Lipinski definition) is 3. The van der Waals surface area contributed by atoms with Gasteiger partial charge in [-0.1, -0.05) is 23.7 Å². The molecule has 0 aliphatic carbocycles. The number of H-pyrrole nitrogens is 1. The number of aromatic nitrogens is 2. The first-order chi connectivity index (χ1) is 14.0. The smallest absolute Gasteiger partial charge is 0.254 e. The molecule has 3 N–H and O–H groups in total. The first-order valence-electron chi connectivity index (χ1n) is 9.98. The molecular formula is C22H26ClN5O. The van der Waals surface area contributed by atoms with Gasteiger partial charge in [0.15, 0.2) is 0 Å². The molecule has 1 amide bonds. The van der Waals surface area contributed by atoms with Crippen molar-refractivity contribution < 1.29 is 4.79 Å². The molecule has 2 atom stereocenters. The molecule has 0 bridgehead atoms. The average molecular weight is 412 g/mol. The highest BCUT2D eigenvalue weighted by Gasteiger charge is 2.27. The summed E-state index contributed by atoms with van der Waals surface area (Å²) < 4.78 is 0. The standard InChI is InChI=1S/C22H26ClN5O/c1-14-11-17(8-10-28(14)13-15-3-5-16(23)6-4-15)27-20-18-7-9-25-21(18)26-12-19(20)22(29)24-2/h3-7,9,12,14,17H,8,10-11,13H2,1-2H3,(H,24,29)(H2,25,26,27)/t14-,17-/m1/s1. The first-order valence-corrected chi connectivity index (χ1v) is 10.4. The molecule has 2 aromatic heterocycles. The van der Waals surface area contributed by atoms with Crippen molar-refractivity contribution >= 4 is 34.2 Å². The van der Waals surface area contributed by atoms with Gasteiger partial charge in [0.05, 0.1) is 11.3 Å². The number of piperidine rings is 1. The number of halogens is 1. The Hall–Kier alpha value is -2.57. The van der Waals surface area contributed by atoms with Crippen LogP contribution in [-0.2, 0) is 6.54 Å². The molecule has 1 saturated heterocycles. The molecule has 0 radical (unpaired) electrons. The number of carbonyl (C=O) groups is 1. The van der Waals surface area contributed by atoms with E-state index >= 15 is 0 Å². The summed E-state index contributed by atoms with van der Waals surface area (Å²) in [5.41, 5.74) is 3.50. The second kappa shape index (κ2) is 8.43. The number of benzene rings is 1. The van der Waals surface area contributed by atoms with E-state index < -0.39 is 0 Å². The maximum atomic E-state index is 12.4. The van der Waals surface area contributed by atoms with Crippen LogP contribution in [0.5, 0.6) is 0 Å². The molecule has 0 spiro atoms. The summed E-state index contributed by atoms with van der Waals surface area (Å²) in [4.78, 5) is 22.4. The molecular weight excluding hydrogens is 386 g/mol. The highest BCUT2D eigenvalue weighted by molar-refractivity contribution is 6.30. The molecule has 1 aliphatic rings. The van der Waals surface area contributed by atoms with Gasteiger partial charge >= 0.3 is 0 Å². The molecule has 1 aromatic carbocycles. The van der Waals surface area contributed by atoms with Crippen LogP contribution in [0.15, 0.2) is 42.7 Å². The van der Waals surface area contributed by atoms with Gasteiger partial charge in [0.1, 0.15) is 5.65 Å². The zero-order valence-electron chi connectivity index (χ0n) is 16.7. The number of rotatable bonds is 5. The van der Waals surface area contributed by atoms with Crippen LogP contribution in [0, 0.1) is 0 Å². The van der Waals surface area contributed by atoms with Crippen LogP contribution in [0.25, 0.3) is 11.0 Å². The number of likely N-dealkylation sites (tertiary alicyclic amines) is 1. The summed E-state index contributed by atoms with van der Waals surface area (Å²) in [6.45, 7) is 4.19. The van der Waals surface area contributed by atoms with Crippen molar-refractivity contribution in [2.75, 3.05) is 18.9 Å². The molecule has 3 aromatic rings. The third kappa shape index (κ3) is 4.23. The van der Waals surface area contributed by atoms with Crippen molar-refractivity contribution in [1.29, 1.82) is 0 Å². The lowest BCUT2D eigenvalue weighted by molar-refractivity contribution is 0.0963. The van der Waals surface area contributed by atoms with Crippen molar-refractivity contribution in [3.05, 3.63) is 58.9 Å². The molecule has 3 heterocycles. The normalized spacial score (nSPS) is 20.0. The van der Waals surface area contributed by atoms with Gasteiger partial charge in [0, 0.05) is 55.0 Å². The quantitative estimate of drug-likeness (QED) is 0.592. The highest BCUT2D eigenvalue weighted by atomic mass is 35.5. The van der Waals surface area contributed by atoms with Crippen LogP contribution < -0.4 is 10.6 Å². The van der Waals surface area contributed by atoms with Crippen LogP contribution in [-0.4, -0.2) is 46.5 Å². The van der Waals surface area contributed by atoms with E-state index in [9.17, 15) is 4.79 Å². The number of nitrogens with one attached hydrogen (secondary N) is 3. The van der Waals surface area contributed by atoms with Crippen molar-refractivity contribution in [2.24, 2.45) is 0 Å². The average Bonchev–Trinajstić information content (AvgIpc) is 3.20. The lowest BCUT2D eigenvalue weighted by atomic mass is 9.96. The number of fused-ring (bicyclic) bond motifs is 1. The van der Waals surface area contributed by atoms with Gasteiger partial charge in [-0.2, -0.15) is 0 Å². The Bertz CT molecular complexity index is 1000. The van der Waals surface area contributed by atoms with E-state index in [0.717, 1.165) is 47.7 Å². The number of pyridine rings is 1. The Labute approximate surface area is 175 Å². The molecule has 7 heteroatoms. The van der Waals surface area contributed by atoms with Crippen molar-refractivity contribution in [3.8, 4) is 0 Å². The van der Waals surface area contributed by atoms with Crippen molar-refractivity contribution in [1.82, 2.24) is 20.2 Å². The number of anilines is 1. The van der Waals surface area contributed by atoms with Gasteiger partial charge in [-0.05, 0) is 43.5 Å². The molecule has 0 unspecified atom stereocenters. The van der Waals surface area contributed by atoms with Gasteiger partial charge in [0.2, 0.25) is 0 Å². The molecule has 1 fully saturated rings. The highest BCUT2D eigenvalue weighted by Crippen LogP contribution is 2.29. The maximum absolute atomic E-state index is 12.4. The summed E-state index contributed by atoms with van der Waals surface area (Å²) in [7, 11) is 1.64. The molecule has 29 heavy (non-hydrogen) atoms. The number of nitrogens with zero attached hydrogens (tertiary/aromatic N) is 2. The topological polar surface area (TPSA) is 73.0 Å². The monoisotopic (exact) mass is 411 g/mol. The second-order valence-corrected chi connectivity index (χ2v) is 8.11. The van der Waals surface area contributed by atoms with E-state index in [1.165, 1.54) is 5.56 Å². The minimum absolute atomic E-state index is 0.128. The predicted octanol–water partition coefficient (Wildman–Crippen LogP) is 4.04. The van der Waals surface area contributed by atoms with Crippen LogP contribution >= 0.6 is 11.6 Å². The number of carbonyl (C=O) groups excluding carboxylic acids is 1. The zero-order chi connectivity index (χ0) is 20.4.